The van der Waals surface area contributed by atoms with Gasteiger partial charge in [0.1, 0.15) is 11.9 Å². The molecule has 0 aliphatic carbocycles. The number of rotatable bonds is 13. The van der Waals surface area contributed by atoms with E-state index in [1.807, 2.05) is 6.92 Å². The number of unbranched alkanes of at least 4 members (excludes halogenated alkanes) is 1. The van der Waals surface area contributed by atoms with Gasteiger partial charge in [0.2, 0.25) is 21.8 Å². The van der Waals surface area contributed by atoms with Gasteiger partial charge >= 0.3 is 0 Å². The number of carbonyl (C=O) groups is 2. The van der Waals surface area contributed by atoms with Crippen molar-refractivity contribution in [3.8, 4) is 0 Å². The van der Waals surface area contributed by atoms with Crippen LogP contribution in [0.4, 0.5) is 10.1 Å². The Hall–Kier alpha value is -2.36. The summed E-state index contributed by atoms with van der Waals surface area (Å²) in [7, 11) is -3.79. The number of amides is 2. The molecular weight excluding hydrogens is 528 g/mol. The molecule has 36 heavy (non-hydrogen) atoms. The predicted octanol–water partition coefficient (Wildman–Crippen LogP) is 5.01. The summed E-state index contributed by atoms with van der Waals surface area (Å²) in [6.45, 7) is 4.00. The topological polar surface area (TPSA) is 86.8 Å². The Balaban J connectivity index is 2.21. The predicted molar refractivity (Wildman–Crippen MR) is 142 cm³/mol. The molecule has 0 spiro atoms. The molecule has 0 aliphatic heterocycles. The van der Waals surface area contributed by atoms with Gasteiger partial charge in [-0.1, -0.05) is 54.7 Å². The molecule has 0 bridgehead atoms. The van der Waals surface area contributed by atoms with E-state index in [4.69, 9.17) is 23.2 Å². The highest BCUT2D eigenvalue weighted by molar-refractivity contribution is 7.92. The van der Waals surface area contributed by atoms with Crippen LogP contribution in [-0.4, -0.2) is 50.5 Å². The highest BCUT2D eigenvalue weighted by Crippen LogP contribution is 2.27. The first-order valence-corrected chi connectivity index (χ1v) is 14.3. The molecule has 11 heteroatoms. The molecule has 0 radical (unpaired) electrons. The van der Waals surface area contributed by atoms with Gasteiger partial charge in [0.15, 0.2) is 0 Å². The molecule has 2 aromatic carbocycles. The SMILES string of the molecule is CCCCNC(=O)[C@@H](C)N(Cc1c(Cl)cccc1Cl)C(=O)CCCN(c1ccccc1F)S(C)(=O)=O. The number of hydrogen-bond donors (Lipinski definition) is 1. The molecular formula is C25H32Cl2FN3O4S. The summed E-state index contributed by atoms with van der Waals surface area (Å²) >= 11 is 12.6. The zero-order valence-electron chi connectivity index (χ0n) is 20.6. The molecule has 1 N–H and O–H groups in total. The Labute approximate surface area is 222 Å². The lowest BCUT2D eigenvalue weighted by molar-refractivity contribution is -0.140. The zero-order valence-corrected chi connectivity index (χ0v) is 23.0. The van der Waals surface area contributed by atoms with E-state index in [9.17, 15) is 22.4 Å². The summed E-state index contributed by atoms with van der Waals surface area (Å²) in [5.74, 6) is -1.38. The van der Waals surface area contributed by atoms with Gasteiger partial charge in [0, 0.05) is 41.7 Å². The van der Waals surface area contributed by atoms with Crippen molar-refractivity contribution >= 4 is 50.7 Å². The first kappa shape index (κ1) is 29.9. The fourth-order valence-corrected chi connectivity index (χ4v) is 5.09. The molecule has 198 valence electrons. The van der Waals surface area contributed by atoms with Crippen LogP contribution in [0.15, 0.2) is 42.5 Å². The average Bonchev–Trinajstić information content (AvgIpc) is 2.81. The lowest BCUT2D eigenvalue weighted by Gasteiger charge is -2.30. The summed E-state index contributed by atoms with van der Waals surface area (Å²) in [6.07, 6.45) is 2.73. The quantitative estimate of drug-likeness (QED) is 0.349. The fourth-order valence-electron chi connectivity index (χ4n) is 3.61. The van der Waals surface area contributed by atoms with Crippen molar-refractivity contribution in [2.45, 2.75) is 52.1 Å². The van der Waals surface area contributed by atoms with E-state index >= 15 is 0 Å². The number of sulfonamides is 1. The minimum atomic E-state index is -3.79. The van der Waals surface area contributed by atoms with E-state index in [1.54, 1.807) is 25.1 Å². The first-order valence-electron chi connectivity index (χ1n) is 11.7. The molecule has 2 amide bonds. The highest BCUT2D eigenvalue weighted by Gasteiger charge is 2.28. The van der Waals surface area contributed by atoms with Crippen LogP contribution in [0.25, 0.3) is 0 Å². The van der Waals surface area contributed by atoms with Crippen molar-refractivity contribution in [2.75, 3.05) is 23.7 Å². The Bertz CT molecular complexity index is 1140. The van der Waals surface area contributed by atoms with Gasteiger partial charge in [-0.05, 0) is 44.0 Å². The number of benzene rings is 2. The normalized spacial score (nSPS) is 12.2. The summed E-state index contributed by atoms with van der Waals surface area (Å²) in [5.41, 5.74) is 0.419. The van der Waals surface area contributed by atoms with Crippen LogP contribution < -0.4 is 9.62 Å². The molecule has 2 rings (SSSR count). The molecule has 2 aromatic rings. The Kier molecular flexibility index (Phi) is 11.5. The van der Waals surface area contributed by atoms with Crippen LogP contribution in [0.2, 0.25) is 10.0 Å². The molecule has 7 nitrogen and oxygen atoms in total. The molecule has 0 aliphatic rings. The summed E-state index contributed by atoms with van der Waals surface area (Å²) < 4.78 is 39.8. The summed E-state index contributed by atoms with van der Waals surface area (Å²) in [6, 6.07) is 9.71. The third-order valence-electron chi connectivity index (χ3n) is 5.66. The average molecular weight is 561 g/mol. The minimum absolute atomic E-state index is 0.00279. The van der Waals surface area contributed by atoms with Gasteiger partial charge < -0.3 is 10.2 Å². The second kappa shape index (κ2) is 13.8. The summed E-state index contributed by atoms with van der Waals surface area (Å²) in [5, 5.41) is 3.55. The Morgan fingerprint density at radius 2 is 1.69 bits per heavy atom. The van der Waals surface area contributed by atoms with Crippen LogP contribution in [0.1, 0.15) is 45.1 Å². The number of para-hydroxylation sites is 1. The van der Waals surface area contributed by atoms with Crippen LogP contribution in [0.3, 0.4) is 0 Å². The van der Waals surface area contributed by atoms with E-state index in [2.05, 4.69) is 5.32 Å². The molecule has 0 saturated heterocycles. The number of nitrogens with zero attached hydrogens (tertiary/aromatic N) is 2. The first-order chi connectivity index (χ1) is 17.0. The third-order valence-corrected chi connectivity index (χ3v) is 7.55. The van der Waals surface area contributed by atoms with Crippen LogP contribution >= 0.6 is 23.2 Å². The molecule has 0 fully saturated rings. The minimum Gasteiger partial charge on any atom is -0.354 e. The smallest absolute Gasteiger partial charge is 0.242 e. The van der Waals surface area contributed by atoms with Gasteiger partial charge in [0.25, 0.3) is 0 Å². The van der Waals surface area contributed by atoms with E-state index in [0.29, 0.717) is 22.2 Å². The lowest BCUT2D eigenvalue weighted by atomic mass is 10.1. The molecule has 0 saturated carbocycles. The van der Waals surface area contributed by atoms with Crippen LogP contribution in [-0.2, 0) is 26.2 Å². The number of hydrogen-bond acceptors (Lipinski definition) is 4. The standard InChI is InChI=1S/C25H32Cl2FN3O4S/c1-4-5-15-29-25(33)18(2)30(17-19-20(26)10-8-11-21(19)27)24(32)14-9-16-31(36(3,34)35)23-13-7-6-12-22(23)28/h6-8,10-13,18H,4-5,9,14-17H2,1-3H3,(H,29,33)/t18-/m1/s1. The number of halogens is 3. The van der Waals surface area contributed by atoms with Gasteiger partial charge in [-0.25, -0.2) is 12.8 Å². The molecule has 0 aromatic heterocycles. The zero-order chi connectivity index (χ0) is 26.9. The van der Waals surface area contributed by atoms with Crippen molar-refractivity contribution in [3.05, 3.63) is 63.9 Å². The van der Waals surface area contributed by atoms with E-state index in [1.165, 1.54) is 29.2 Å². The van der Waals surface area contributed by atoms with Crippen molar-refractivity contribution in [3.63, 3.8) is 0 Å². The van der Waals surface area contributed by atoms with Gasteiger partial charge in [-0.3, -0.25) is 13.9 Å². The van der Waals surface area contributed by atoms with E-state index < -0.39 is 21.9 Å². The maximum absolute atomic E-state index is 14.3. The molecule has 0 unspecified atom stereocenters. The number of anilines is 1. The molecule has 1 atom stereocenters. The van der Waals surface area contributed by atoms with Gasteiger partial charge in [-0.15, -0.1) is 0 Å². The van der Waals surface area contributed by atoms with Crippen molar-refractivity contribution in [2.24, 2.45) is 0 Å². The molecule has 0 heterocycles. The fraction of sp³-hybridized carbons (Fsp3) is 0.440. The van der Waals surface area contributed by atoms with Crippen molar-refractivity contribution in [1.29, 1.82) is 0 Å². The number of carbonyl (C=O) groups excluding carboxylic acids is 2. The summed E-state index contributed by atoms with van der Waals surface area (Å²) in [4.78, 5) is 27.4. The largest absolute Gasteiger partial charge is 0.354 e. The van der Waals surface area contributed by atoms with Gasteiger partial charge in [0.05, 0.1) is 11.9 Å². The second-order valence-corrected chi connectivity index (χ2v) is 11.2. The maximum Gasteiger partial charge on any atom is 0.242 e. The van der Waals surface area contributed by atoms with E-state index in [0.717, 1.165) is 23.4 Å². The van der Waals surface area contributed by atoms with E-state index in [-0.39, 0.29) is 43.4 Å². The maximum atomic E-state index is 14.3. The Morgan fingerprint density at radius 3 is 2.28 bits per heavy atom. The highest BCUT2D eigenvalue weighted by atomic mass is 35.5. The monoisotopic (exact) mass is 559 g/mol. The second-order valence-electron chi connectivity index (χ2n) is 8.43. The van der Waals surface area contributed by atoms with Crippen molar-refractivity contribution < 1.29 is 22.4 Å². The van der Waals surface area contributed by atoms with Crippen LogP contribution in [0.5, 0.6) is 0 Å². The Morgan fingerprint density at radius 1 is 1.06 bits per heavy atom. The van der Waals surface area contributed by atoms with Crippen molar-refractivity contribution in [1.82, 2.24) is 10.2 Å². The number of nitrogens with one attached hydrogen (secondary N) is 1. The van der Waals surface area contributed by atoms with Crippen LogP contribution in [0, 0.1) is 5.82 Å². The van der Waals surface area contributed by atoms with Gasteiger partial charge in [-0.2, -0.15) is 0 Å². The third kappa shape index (κ3) is 8.35. The lowest BCUT2D eigenvalue weighted by Crippen LogP contribution is -2.48.